The summed E-state index contributed by atoms with van der Waals surface area (Å²) in [4.78, 5) is 0. The molecule has 1 aromatic carbocycles. The van der Waals surface area contributed by atoms with Crippen LogP contribution in [0.25, 0.3) is 11.0 Å². The summed E-state index contributed by atoms with van der Waals surface area (Å²) in [6, 6.07) is 6.29. The molecule has 1 aromatic heterocycles. The van der Waals surface area contributed by atoms with Crippen LogP contribution in [-0.2, 0) is 13.0 Å². The minimum atomic E-state index is 0.760. The van der Waals surface area contributed by atoms with Crippen molar-refractivity contribution in [2.24, 2.45) is 0 Å². The first-order valence-corrected chi connectivity index (χ1v) is 6.08. The van der Waals surface area contributed by atoms with Crippen molar-refractivity contribution in [2.75, 3.05) is 13.7 Å². The predicted octanol–water partition coefficient (Wildman–Crippen LogP) is 3.11. The molecule has 3 heteroatoms. The first-order valence-electron chi connectivity index (χ1n) is 6.08. The number of methoxy groups -OCH3 is 1. The number of furan rings is 1. The number of rotatable bonds is 5. The molecule has 0 saturated carbocycles. The SMILES string of the molecule is CCNCc1cc2cc(CC)cc(OC)c2o1. The molecule has 17 heavy (non-hydrogen) atoms. The lowest BCUT2D eigenvalue weighted by Gasteiger charge is -2.03. The molecule has 0 spiro atoms. The molecular weight excluding hydrogens is 214 g/mol. The maximum Gasteiger partial charge on any atom is 0.176 e. The average Bonchev–Trinajstić information content (AvgIpc) is 2.77. The highest BCUT2D eigenvalue weighted by atomic mass is 16.5. The van der Waals surface area contributed by atoms with Crippen molar-refractivity contribution in [1.29, 1.82) is 0 Å². The van der Waals surface area contributed by atoms with Gasteiger partial charge in [0.1, 0.15) is 5.76 Å². The van der Waals surface area contributed by atoms with E-state index in [2.05, 4.69) is 31.3 Å². The highest BCUT2D eigenvalue weighted by Crippen LogP contribution is 2.30. The summed E-state index contributed by atoms with van der Waals surface area (Å²) in [5.41, 5.74) is 2.11. The van der Waals surface area contributed by atoms with Gasteiger partial charge in [-0.25, -0.2) is 0 Å². The number of nitrogens with one attached hydrogen (secondary N) is 1. The van der Waals surface area contributed by atoms with E-state index in [-0.39, 0.29) is 0 Å². The summed E-state index contributed by atoms with van der Waals surface area (Å²) in [6.45, 7) is 5.92. The Morgan fingerprint density at radius 1 is 1.24 bits per heavy atom. The second-order valence-electron chi connectivity index (χ2n) is 4.06. The van der Waals surface area contributed by atoms with Crippen LogP contribution < -0.4 is 10.1 Å². The van der Waals surface area contributed by atoms with E-state index >= 15 is 0 Å². The van der Waals surface area contributed by atoms with E-state index < -0.39 is 0 Å². The molecule has 2 aromatic rings. The van der Waals surface area contributed by atoms with Crippen LogP contribution in [-0.4, -0.2) is 13.7 Å². The molecule has 0 aliphatic carbocycles. The van der Waals surface area contributed by atoms with Gasteiger partial charge in [0, 0.05) is 5.39 Å². The molecule has 0 radical (unpaired) electrons. The Labute approximate surface area is 102 Å². The number of hydrogen-bond donors (Lipinski definition) is 1. The summed E-state index contributed by atoms with van der Waals surface area (Å²) in [6.07, 6.45) is 1.00. The van der Waals surface area contributed by atoms with E-state index in [1.165, 1.54) is 5.56 Å². The topological polar surface area (TPSA) is 34.4 Å². The Kier molecular flexibility index (Phi) is 3.69. The molecule has 0 aliphatic heterocycles. The quantitative estimate of drug-likeness (QED) is 0.861. The van der Waals surface area contributed by atoms with E-state index in [1.807, 2.05) is 6.07 Å². The van der Waals surface area contributed by atoms with Gasteiger partial charge in [-0.05, 0) is 36.7 Å². The van der Waals surface area contributed by atoms with Crippen LogP contribution >= 0.6 is 0 Å². The third-order valence-electron chi connectivity index (χ3n) is 2.87. The van der Waals surface area contributed by atoms with Crippen LogP contribution in [0.15, 0.2) is 22.6 Å². The average molecular weight is 233 g/mol. The minimum Gasteiger partial charge on any atom is -0.493 e. The molecule has 0 bridgehead atoms. The van der Waals surface area contributed by atoms with Crippen LogP contribution in [0.2, 0.25) is 0 Å². The fraction of sp³-hybridized carbons (Fsp3) is 0.429. The minimum absolute atomic E-state index is 0.760. The zero-order chi connectivity index (χ0) is 12.3. The smallest absolute Gasteiger partial charge is 0.176 e. The van der Waals surface area contributed by atoms with Crippen LogP contribution in [0.4, 0.5) is 0 Å². The van der Waals surface area contributed by atoms with Crippen molar-refractivity contribution >= 4 is 11.0 Å². The first kappa shape index (κ1) is 12.0. The Balaban J connectivity index is 2.43. The fourth-order valence-electron chi connectivity index (χ4n) is 1.92. The molecule has 0 atom stereocenters. The van der Waals surface area contributed by atoms with Gasteiger partial charge < -0.3 is 14.5 Å². The van der Waals surface area contributed by atoms with Gasteiger partial charge in [0.25, 0.3) is 0 Å². The molecule has 92 valence electrons. The summed E-state index contributed by atoms with van der Waals surface area (Å²) in [5, 5.41) is 4.38. The summed E-state index contributed by atoms with van der Waals surface area (Å²) < 4.78 is 11.2. The maximum atomic E-state index is 5.80. The first-order chi connectivity index (χ1) is 8.28. The highest BCUT2D eigenvalue weighted by molar-refractivity contribution is 5.84. The van der Waals surface area contributed by atoms with E-state index in [4.69, 9.17) is 9.15 Å². The number of hydrogen-bond acceptors (Lipinski definition) is 3. The number of benzene rings is 1. The zero-order valence-corrected chi connectivity index (χ0v) is 10.7. The van der Waals surface area contributed by atoms with Crippen molar-refractivity contribution in [3.63, 3.8) is 0 Å². The molecule has 0 fully saturated rings. The van der Waals surface area contributed by atoms with Crippen molar-refractivity contribution in [2.45, 2.75) is 26.8 Å². The monoisotopic (exact) mass is 233 g/mol. The van der Waals surface area contributed by atoms with Crippen LogP contribution in [0.3, 0.4) is 0 Å². The molecule has 0 amide bonds. The molecule has 1 N–H and O–H groups in total. The van der Waals surface area contributed by atoms with Gasteiger partial charge in [-0.2, -0.15) is 0 Å². The molecule has 0 unspecified atom stereocenters. The Morgan fingerprint density at radius 3 is 2.71 bits per heavy atom. The van der Waals surface area contributed by atoms with E-state index in [0.29, 0.717) is 0 Å². The number of ether oxygens (including phenoxy) is 1. The van der Waals surface area contributed by atoms with Gasteiger partial charge in [-0.1, -0.05) is 13.8 Å². The summed E-state index contributed by atoms with van der Waals surface area (Å²) in [5.74, 6) is 1.77. The number of fused-ring (bicyclic) bond motifs is 1. The summed E-state index contributed by atoms with van der Waals surface area (Å²) in [7, 11) is 1.68. The fourth-order valence-corrected chi connectivity index (χ4v) is 1.92. The van der Waals surface area contributed by atoms with Crippen molar-refractivity contribution in [3.8, 4) is 5.75 Å². The van der Waals surface area contributed by atoms with Crippen LogP contribution in [0, 0.1) is 0 Å². The van der Waals surface area contributed by atoms with Crippen molar-refractivity contribution < 1.29 is 9.15 Å². The normalized spacial score (nSPS) is 11.0. The van der Waals surface area contributed by atoms with Crippen LogP contribution in [0.1, 0.15) is 25.2 Å². The molecule has 1 heterocycles. The zero-order valence-electron chi connectivity index (χ0n) is 10.7. The van der Waals surface area contributed by atoms with Crippen LogP contribution in [0.5, 0.6) is 5.75 Å². The van der Waals surface area contributed by atoms with Gasteiger partial charge in [0.05, 0.1) is 13.7 Å². The lowest BCUT2D eigenvalue weighted by atomic mass is 10.1. The van der Waals surface area contributed by atoms with E-state index in [0.717, 1.165) is 42.0 Å². The summed E-state index contributed by atoms with van der Waals surface area (Å²) >= 11 is 0. The molecule has 3 nitrogen and oxygen atoms in total. The highest BCUT2D eigenvalue weighted by Gasteiger charge is 2.10. The lowest BCUT2D eigenvalue weighted by molar-refractivity contribution is 0.406. The maximum absolute atomic E-state index is 5.80. The largest absolute Gasteiger partial charge is 0.493 e. The van der Waals surface area contributed by atoms with Gasteiger partial charge in [0.2, 0.25) is 0 Å². The second-order valence-corrected chi connectivity index (χ2v) is 4.06. The Morgan fingerprint density at radius 2 is 2.06 bits per heavy atom. The lowest BCUT2D eigenvalue weighted by Crippen LogP contribution is -2.10. The molecule has 2 rings (SSSR count). The Hall–Kier alpha value is -1.48. The van der Waals surface area contributed by atoms with Gasteiger partial charge in [-0.3, -0.25) is 0 Å². The second kappa shape index (κ2) is 5.23. The third-order valence-corrected chi connectivity index (χ3v) is 2.87. The molecule has 0 aliphatic rings. The molecular formula is C14H19NO2. The Bertz CT molecular complexity index is 502. The van der Waals surface area contributed by atoms with Gasteiger partial charge in [-0.15, -0.1) is 0 Å². The van der Waals surface area contributed by atoms with Gasteiger partial charge in [0.15, 0.2) is 11.3 Å². The van der Waals surface area contributed by atoms with Crippen molar-refractivity contribution in [3.05, 3.63) is 29.5 Å². The number of aryl methyl sites for hydroxylation is 1. The standard InChI is InChI=1S/C14H19NO2/c1-4-10-6-11-8-12(9-15-5-2)17-14(11)13(7-10)16-3/h6-8,15H,4-5,9H2,1-3H3. The predicted molar refractivity (Wildman–Crippen MR) is 69.5 cm³/mol. The third kappa shape index (κ3) is 2.44. The molecule has 0 saturated heterocycles. The van der Waals surface area contributed by atoms with Gasteiger partial charge >= 0.3 is 0 Å². The van der Waals surface area contributed by atoms with E-state index in [1.54, 1.807) is 7.11 Å². The van der Waals surface area contributed by atoms with E-state index in [9.17, 15) is 0 Å². The van der Waals surface area contributed by atoms with Crippen molar-refractivity contribution in [1.82, 2.24) is 5.32 Å².